The predicted octanol–water partition coefficient (Wildman–Crippen LogP) is 3.64. The summed E-state index contributed by atoms with van der Waals surface area (Å²) in [5, 5.41) is 9.38. The van der Waals surface area contributed by atoms with Crippen molar-refractivity contribution in [3.63, 3.8) is 0 Å². The molecule has 1 aliphatic heterocycles. The zero-order valence-electron chi connectivity index (χ0n) is 13.1. The minimum absolute atomic E-state index is 0.275. The van der Waals surface area contributed by atoms with Gasteiger partial charge in [0.05, 0.1) is 5.41 Å². The van der Waals surface area contributed by atoms with Crippen LogP contribution in [0.25, 0.3) is 0 Å². The molecule has 1 aromatic carbocycles. The van der Waals surface area contributed by atoms with Gasteiger partial charge in [-0.1, -0.05) is 12.1 Å². The highest BCUT2D eigenvalue weighted by molar-refractivity contribution is 5.74. The molecule has 1 aliphatic rings. The maximum Gasteiger partial charge on any atom is 0.309 e. The SMILES string of the molecule is Cc1cccc2c1CC(CC(C)(C)C(=O)O)N2C(C)C. The van der Waals surface area contributed by atoms with Gasteiger partial charge >= 0.3 is 5.97 Å². The van der Waals surface area contributed by atoms with Gasteiger partial charge in [0.1, 0.15) is 0 Å². The average Bonchev–Trinajstić information content (AvgIpc) is 2.67. The van der Waals surface area contributed by atoms with Crippen molar-refractivity contribution in [2.45, 2.75) is 59.5 Å². The van der Waals surface area contributed by atoms with Crippen LogP contribution in [0.3, 0.4) is 0 Å². The molecule has 1 atom stereocenters. The molecule has 1 heterocycles. The molecule has 1 aromatic rings. The van der Waals surface area contributed by atoms with Gasteiger partial charge in [-0.15, -0.1) is 0 Å². The topological polar surface area (TPSA) is 40.5 Å². The van der Waals surface area contributed by atoms with E-state index >= 15 is 0 Å². The lowest BCUT2D eigenvalue weighted by Crippen LogP contribution is -2.42. The Bertz CT molecular complexity index is 520. The van der Waals surface area contributed by atoms with Gasteiger partial charge in [-0.05, 0) is 64.7 Å². The summed E-state index contributed by atoms with van der Waals surface area (Å²) in [5.41, 5.74) is 3.29. The number of carboxylic acids is 1. The molecule has 0 saturated carbocycles. The molecule has 0 aliphatic carbocycles. The number of aryl methyl sites for hydroxylation is 1. The minimum Gasteiger partial charge on any atom is -0.481 e. The van der Waals surface area contributed by atoms with Gasteiger partial charge in [-0.3, -0.25) is 4.79 Å². The zero-order chi connectivity index (χ0) is 15.1. The number of carboxylic acid groups (broad SMARTS) is 1. The monoisotopic (exact) mass is 275 g/mol. The van der Waals surface area contributed by atoms with Gasteiger partial charge in [0.25, 0.3) is 0 Å². The maximum absolute atomic E-state index is 11.4. The number of fused-ring (bicyclic) bond motifs is 1. The third kappa shape index (κ3) is 2.54. The van der Waals surface area contributed by atoms with Crippen LogP contribution in [0, 0.1) is 12.3 Å². The van der Waals surface area contributed by atoms with Crippen molar-refractivity contribution < 1.29 is 9.90 Å². The first-order valence-electron chi connectivity index (χ1n) is 7.34. The Hall–Kier alpha value is -1.51. The van der Waals surface area contributed by atoms with Gasteiger partial charge in [-0.25, -0.2) is 0 Å². The molecular weight excluding hydrogens is 250 g/mol. The summed E-state index contributed by atoms with van der Waals surface area (Å²) in [4.78, 5) is 13.8. The Balaban J connectivity index is 2.33. The number of carbonyl (C=O) groups is 1. The van der Waals surface area contributed by atoms with E-state index in [0.717, 1.165) is 6.42 Å². The molecule has 0 bridgehead atoms. The predicted molar refractivity (Wildman–Crippen MR) is 82.3 cm³/mol. The number of nitrogens with zero attached hydrogens (tertiary/aromatic N) is 1. The number of rotatable bonds is 4. The first-order chi connectivity index (χ1) is 9.24. The molecule has 110 valence electrons. The molecule has 1 N–H and O–H groups in total. The summed E-state index contributed by atoms with van der Waals surface area (Å²) in [6.45, 7) is 10.1. The number of hydrogen-bond acceptors (Lipinski definition) is 2. The van der Waals surface area contributed by atoms with Crippen molar-refractivity contribution in [3.05, 3.63) is 29.3 Å². The Morgan fingerprint density at radius 1 is 1.45 bits per heavy atom. The molecule has 0 fully saturated rings. The van der Waals surface area contributed by atoms with Crippen LogP contribution < -0.4 is 4.90 Å². The van der Waals surface area contributed by atoms with Crippen LogP contribution in [0.15, 0.2) is 18.2 Å². The molecule has 0 amide bonds. The molecule has 1 unspecified atom stereocenters. The van der Waals surface area contributed by atoms with Gasteiger partial charge < -0.3 is 10.0 Å². The van der Waals surface area contributed by atoms with Crippen molar-refractivity contribution in [1.82, 2.24) is 0 Å². The average molecular weight is 275 g/mol. The summed E-state index contributed by atoms with van der Waals surface area (Å²) in [6.07, 6.45) is 1.63. The quantitative estimate of drug-likeness (QED) is 0.912. The van der Waals surface area contributed by atoms with E-state index in [0.29, 0.717) is 12.5 Å². The van der Waals surface area contributed by atoms with E-state index in [1.165, 1.54) is 16.8 Å². The van der Waals surface area contributed by atoms with E-state index in [9.17, 15) is 9.90 Å². The summed E-state index contributed by atoms with van der Waals surface area (Å²) in [7, 11) is 0. The molecule has 0 saturated heterocycles. The lowest BCUT2D eigenvalue weighted by atomic mass is 9.84. The zero-order valence-corrected chi connectivity index (χ0v) is 13.1. The molecule has 3 heteroatoms. The fourth-order valence-electron chi connectivity index (χ4n) is 3.27. The largest absolute Gasteiger partial charge is 0.481 e. The van der Waals surface area contributed by atoms with Crippen molar-refractivity contribution in [3.8, 4) is 0 Å². The van der Waals surface area contributed by atoms with Crippen molar-refractivity contribution in [2.75, 3.05) is 4.90 Å². The summed E-state index contributed by atoms with van der Waals surface area (Å²) in [5.74, 6) is -0.714. The second-order valence-electron chi connectivity index (χ2n) is 6.82. The molecule has 2 rings (SSSR count). The number of hydrogen-bond donors (Lipinski definition) is 1. The van der Waals surface area contributed by atoms with Crippen LogP contribution in [0.4, 0.5) is 5.69 Å². The number of anilines is 1. The second-order valence-corrected chi connectivity index (χ2v) is 6.82. The van der Waals surface area contributed by atoms with Gasteiger partial charge in [0, 0.05) is 17.8 Å². The van der Waals surface area contributed by atoms with Crippen LogP contribution >= 0.6 is 0 Å². The fourth-order valence-corrected chi connectivity index (χ4v) is 3.27. The highest BCUT2D eigenvalue weighted by Crippen LogP contribution is 2.40. The smallest absolute Gasteiger partial charge is 0.309 e. The van der Waals surface area contributed by atoms with Crippen LogP contribution in [-0.2, 0) is 11.2 Å². The highest BCUT2D eigenvalue weighted by Gasteiger charge is 2.38. The summed E-state index contributed by atoms with van der Waals surface area (Å²) in [6, 6.07) is 7.05. The third-order valence-electron chi connectivity index (χ3n) is 4.38. The Morgan fingerprint density at radius 3 is 2.65 bits per heavy atom. The summed E-state index contributed by atoms with van der Waals surface area (Å²) >= 11 is 0. The Morgan fingerprint density at radius 2 is 2.10 bits per heavy atom. The number of benzene rings is 1. The van der Waals surface area contributed by atoms with Crippen molar-refractivity contribution in [2.24, 2.45) is 5.41 Å². The lowest BCUT2D eigenvalue weighted by molar-refractivity contribution is -0.147. The van der Waals surface area contributed by atoms with E-state index in [1.54, 1.807) is 0 Å². The number of aliphatic carboxylic acids is 1. The first-order valence-corrected chi connectivity index (χ1v) is 7.34. The van der Waals surface area contributed by atoms with E-state index in [2.05, 4.69) is 43.9 Å². The van der Waals surface area contributed by atoms with Gasteiger partial charge in [-0.2, -0.15) is 0 Å². The molecule has 0 spiro atoms. The normalized spacial score (nSPS) is 18.5. The van der Waals surface area contributed by atoms with E-state index in [-0.39, 0.29) is 6.04 Å². The molecular formula is C17H25NO2. The van der Waals surface area contributed by atoms with Crippen molar-refractivity contribution >= 4 is 11.7 Å². The lowest BCUT2D eigenvalue weighted by Gasteiger charge is -2.35. The fraction of sp³-hybridized carbons (Fsp3) is 0.588. The second kappa shape index (κ2) is 5.12. The third-order valence-corrected chi connectivity index (χ3v) is 4.38. The highest BCUT2D eigenvalue weighted by atomic mass is 16.4. The summed E-state index contributed by atoms with van der Waals surface area (Å²) < 4.78 is 0. The molecule has 0 radical (unpaired) electrons. The molecule has 0 aromatic heterocycles. The van der Waals surface area contributed by atoms with Crippen LogP contribution in [0.5, 0.6) is 0 Å². The van der Waals surface area contributed by atoms with Gasteiger partial charge in [0.15, 0.2) is 0 Å². The van der Waals surface area contributed by atoms with Crippen LogP contribution in [0.2, 0.25) is 0 Å². The maximum atomic E-state index is 11.4. The Kier molecular flexibility index (Phi) is 3.81. The van der Waals surface area contributed by atoms with Crippen LogP contribution in [-0.4, -0.2) is 23.2 Å². The van der Waals surface area contributed by atoms with E-state index < -0.39 is 11.4 Å². The molecule has 20 heavy (non-hydrogen) atoms. The van der Waals surface area contributed by atoms with Crippen molar-refractivity contribution in [1.29, 1.82) is 0 Å². The minimum atomic E-state index is -0.714. The molecule has 3 nitrogen and oxygen atoms in total. The van der Waals surface area contributed by atoms with E-state index in [1.807, 2.05) is 13.8 Å². The Labute approximate surface area is 121 Å². The first kappa shape index (κ1) is 14.9. The standard InChI is InChI=1S/C17H25NO2/c1-11(2)18-13(10-17(4,5)16(19)20)9-14-12(3)7-6-8-15(14)18/h6-8,11,13H,9-10H2,1-5H3,(H,19,20). The van der Waals surface area contributed by atoms with Gasteiger partial charge in [0.2, 0.25) is 0 Å². The van der Waals surface area contributed by atoms with Crippen LogP contribution in [0.1, 0.15) is 45.2 Å². The van der Waals surface area contributed by atoms with E-state index in [4.69, 9.17) is 0 Å².